The summed E-state index contributed by atoms with van der Waals surface area (Å²) < 4.78 is 0. The van der Waals surface area contributed by atoms with Gasteiger partial charge in [0.05, 0.1) is 0 Å². The molecule has 0 heterocycles. The minimum Gasteiger partial charge on any atom is -0.349 e. The lowest BCUT2D eigenvalue weighted by atomic mass is 10.1. The summed E-state index contributed by atoms with van der Waals surface area (Å²) >= 11 is 0. The van der Waals surface area contributed by atoms with Crippen LogP contribution in [0.5, 0.6) is 0 Å². The van der Waals surface area contributed by atoms with E-state index >= 15 is 0 Å². The number of carbonyl (C=O) groups is 2. The van der Waals surface area contributed by atoms with Crippen molar-refractivity contribution in [1.29, 1.82) is 0 Å². The van der Waals surface area contributed by atoms with Gasteiger partial charge in [-0.3, -0.25) is 10.0 Å². The molecule has 0 atom stereocenters. The number of hydrogen-bond acceptors (Lipinski definition) is 3. The molecule has 86 valence electrons. The van der Waals surface area contributed by atoms with Gasteiger partial charge in [0, 0.05) is 6.42 Å². The molecule has 0 radical (unpaired) electrons. The Kier molecular flexibility index (Phi) is 4.47. The maximum absolute atomic E-state index is 11.1. The van der Waals surface area contributed by atoms with E-state index in [0.717, 1.165) is 12.0 Å². The molecule has 1 rings (SSSR count). The highest BCUT2D eigenvalue weighted by Gasteiger charge is 2.15. The molecule has 5 nitrogen and oxygen atoms in total. The fourth-order valence-electron chi connectivity index (χ4n) is 1.32. The van der Waals surface area contributed by atoms with E-state index in [-0.39, 0.29) is 11.5 Å². The Morgan fingerprint density at radius 2 is 1.88 bits per heavy atom. The predicted molar refractivity (Wildman–Crippen MR) is 57.6 cm³/mol. The van der Waals surface area contributed by atoms with Gasteiger partial charge in [0.1, 0.15) is 0 Å². The van der Waals surface area contributed by atoms with Crippen molar-refractivity contribution in [2.75, 3.05) is 0 Å². The molecule has 0 saturated carbocycles. The maximum Gasteiger partial charge on any atom is 0.345 e. The zero-order chi connectivity index (χ0) is 12.0. The summed E-state index contributed by atoms with van der Waals surface area (Å²) in [5.41, 5.74) is 5.85. The van der Waals surface area contributed by atoms with E-state index in [0.29, 0.717) is 6.42 Å². The van der Waals surface area contributed by atoms with Crippen LogP contribution in [0.1, 0.15) is 18.4 Å². The summed E-state index contributed by atoms with van der Waals surface area (Å²) in [7, 11) is 0. The van der Waals surface area contributed by atoms with Gasteiger partial charge in [0.25, 0.3) is 5.91 Å². The van der Waals surface area contributed by atoms with Crippen LogP contribution in [-0.2, 0) is 11.2 Å². The number of hydroxylamine groups is 2. The van der Waals surface area contributed by atoms with Crippen molar-refractivity contribution >= 4 is 11.9 Å². The molecule has 1 aromatic rings. The Labute approximate surface area is 93.4 Å². The second-order valence-corrected chi connectivity index (χ2v) is 3.38. The number of amides is 3. The summed E-state index contributed by atoms with van der Waals surface area (Å²) in [6.45, 7) is 0. The Bertz CT molecular complexity index is 365. The van der Waals surface area contributed by atoms with Crippen LogP contribution in [0.3, 0.4) is 0 Å². The average molecular weight is 222 g/mol. The monoisotopic (exact) mass is 222 g/mol. The van der Waals surface area contributed by atoms with Gasteiger partial charge in [0.2, 0.25) is 0 Å². The van der Waals surface area contributed by atoms with Crippen molar-refractivity contribution in [2.45, 2.75) is 19.3 Å². The smallest absolute Gasteiger partial charge is 0.345 e. The SMILES string of the molecule is NC(=O)N(O)C(=O)CCCc1ccccc1. The number of nitrogens with zero attached hydrogens (tertiary/aromatic N) is 1. The quantitative estimate of drug-likeness (QED) is 0.595. The molecule has 0 bridgehead atoms. The average Bonchev–Trinajstić information content (AvgIpc) is 2.29. The van der Waals surface area contributed by atoms with E-state index < -0.39 is 11.9 Å². The molecule has 0 aliphatic heterocycles. The molecule has 0 aliphatic rings. The Balaban J connectivity index is 2.31. The van der Waals surface area contributed by atoms with Gasteiger partial charge in [0.15, 0.2) is 0 Å². The van der Waals surface area contributed by atoms with E-state index in [1.807, 2.05) is 30.3 Å². The van der Waals surface area contributed by atoms with Crippen molar-refractivity contribution in [2.24, 2.45) is 5.73 Å². The molecule has 0 aromatic heterocycles. The van der Waals surface area contributed by atoms with E-state index in [9.17, 15) is 9.59 Å². The van der Waals surface area contributed by atoms with Crippen LogP contribution < -0.4 is 5.73 Å². The summed E-state index contributed by atoms with van der Waals surface area (Å²) in [4.78, 5) is 21.6. The second kappa shape index (κ2) is 5.87. The summed E-state index contributed by atoms with van der Waals surface area (Å²) in [5, 5.41) is 8.85. The minimum atomic E-state index is -1.15. The maximum atomic E-state index is 11.1. The van der Waals surface area contributed by atoms with Crippen molar-refractivity contribution in [3.05, 3.63) is 35.9 Å². The number of rotatable bonds is 4. The van der Waals surface area contributed by atoms with Crippen LogP contribution in [0.25, 0.3) is 0 Å². The molecule has 1 aromatic carbocycles. The van der Waals surface area contributed by atoms with Crippen LogP contribution in [0, 0.1) is 0 Å². The fourth-order valence-corrected chi connectivity index (χ4v) is 1.32. The number of aryl methyl sites for hydroxylation is 1. The second-order valence-electron chi connectivity index (χ2n) is 3.38. The van der Waals surface area contributed by atoms with Crippen molar-refractivity contribution in [3.63, 3.8) is 0 Å². The Morgan fingerprint density at radius 3 is 2.44 bits per heavy atom. The highest BCUT2D eigenvalue weighted by Crippen LogP contribution is 2.05. The summed E-state index contributed by atoms with van der Waals surface area (Å²) in [6.07, 6.45) is 1.38. The van der Waals surface area contributed by atoms with Crippen molar-refractivity contribution in [1.82, 2.24) is 5.06 Å². The highest BCUT2D eigenvalue weighted by atomic mass is 16.5. The van der Waals surface area contributed by atoms with E-state index in [2.05, 4.69) is 0 Å². The van der Waals surface area contributed by atoms with Gasteiger partial charge in [-0.15, -0.1) is 5.06 Å². The van der Waals surface area contributed by atoms with Gasteiger partial charge < -0.3 is 5.73 Å². The van der Waals surface area contributed by atoms with E-state index in [1.54, 1.807) is 0 Å². The number of nitrogens with two attached hydrogens (primary N) is 1. The molecule has 0 unspecified atom stereocenters. The molecule has 3 N–H and O–H groups in total. The predicted octanol–water partition coefficient (Wildman–Crippen LogP) is 1.31. The minimum absolute atomic E-state index is 0.0506. The van der Waals surface area contributed by atoms with E-state index in [1.165, 1.54) is 0 Å². The lowest BCUT2D eigenvalue weighted by Gasteiger charge is -2.09. The zero-order valence-electron chi connectivity index (χ0n) is 8.80. The summed E-state index contributed by atoms with van der Waals surface area (Å²) in [5.74, 6) is -0.677. The van der Waals surface area contributed by atoms with Crippen LogP contribution in [0.2, 0.25) is 0 Å². The Morgan fingerprint density at radius 1 is 1.25 bits per heavy atom. The van der Waals surface area contributed by atoms with Crippen molar-refractivity contribution < 1.29 is 14.8 Å². The molecular formula is C11H14N2O3. The molecule has 0 saturated heterocycles. The molecule has 3 amide bonds. The first-order valence-corrected chi connectivity index (χ1v) is 4.96. The number of benzene rings is 1. The zero-order valence-corrected chi connectivity index (χ0v) is 8.80. The number of urea groups is 1. The molecule has 0 aliphatic carbocycles. The molecule has 0 spiro atoms. The molecule has 0 fully saturated rings. The van der Waals surface area contributed by atoms with Crippen LogP contribution in [0.4, 0.5) is 4.79 Å². The van der Waals surface area contributed by atoms with Crippen LogP contribution in [0.15, 0.2) is 30.3 Å². The lowest BCUT2D eigenvalue weighted by molar-refractivity contribution is -0.152. The van der Waals surface area contributed by atoms with Gasteiger partial charge in [-0.05, 0) is 18.4 Å². The molecular weight excluding hydrogens is 208 g/mol. The highest BCUT2D eigenvalue weighted by molar-refractivity contribution is 5.91. The van der Waals surface area contributed by atoms with Gasteiger partial charge in [-0.2, -0.15) is 0 Å². The first-order valence-electron chi connectivity index (χ1n) is 4.96. The van der Waals surface area contributed by atoms with Crippen LogP contribution >= 0.6 is 0 Å². The third kappa shape index (κ3) is 3.70. The standard InChI is InChI=1S/C11H14N2O3/c12-11(15)13(16)10(14)8-4-7-9-5-2-1-3-6-9/h1-3,5-6,16H,4,7-8H2,(H2,12,15). The number of carbonyl (C=O) groups excluding carboxylic acids is 2. The first-order chi connectivity index (χ1) is 7.61. The molecule has 5 heteroatoms. The largest absolute Gasteiger partial charge is 0.349 e. The number of hydrogen-bond donors (Lipinski definition) is 2. The summed E-state index contributed by atoms with van der Waals surface area (Å²) in [6, 6.07) is 8.50. The number of imide groups is 1. The number of primary amides is 1. The topological polar surface area (TPSA) is 83.6 Å². The van der Waals surface area contributed by atoms with E-state index in [4.69, 9.17) is 10.9 Å². The van der Waals surface area contributed by atoms with Crippen LogP contribution in [-0.4, -0.2) is 22.2 Å². The first kappa shape index (κ1) is 12.2. The lowest BCUT2D eigenvalue weighted by Crippen LogP contribution is -2.37. The normalized spacial score (nSPS) is 9.81. The van der Waals surface area contributed by atoms with Gasteiger partial charge in [-0.1, -0.05) is 30.3 Å². The third-order valence-electron chi connectivity index (χ3n) is 2.14. The fraction of sp³-hybridized carbons (Fsp3) is 0.273. The van der Waals surface area contributed by atoms with Crippen molar-refractivity contribution in [3.8, 4) is 0 Å². The van der Waals surface area contributed by atoms with Gasteiger partial charge >= 0.3 is 6.03 Å². The van der Waals surface area contributed by atoms with Gasteiger partial charge in [-0.25, -0.2) is 4.79 Å². The molecule has 16 heavy (non-hydrogen) atoms. The third-order valence-corrected chi connectivity index (χ3v) is 2.14. The Hall–Kier alpha value is -1.88.